The third-order valence-electron chi connectivity index (χ3n) is 3.34. The number of esters is 1. The lowest BCUT2D eigenvalue weighted by Crippen LogP contribution is -2.42. The Bertz CT molecular complexity index is 759. The molecule has 2 rings (SSSR count). The number of carbonyl (C=O) groups is 3. The molecule has 0 aliphatic rings. The molecule has 0 unspecified atom stereocenters. The first-order valence-corrected chi connectivity index (χ1v) is 7.45. The topological polar surface area (TPSA) is 116 Å². The van der Waals surface area contributed by atoms with Gasteiger partial charge in [0.05, 0.1) is 11.7 Å². The smallest absolute Gasteiger partial charge is 0.340 e. The minimum atomic E-state index is -0.556. The Morgan fingerprint density at radius 2 is 1.79 bits per heavy atom. The molecular formula is C16H20N4O4. The fourth-order valence-corrected chi connectivity index (χ4v) is 2.27. The quantitative estimate of drug-likeness (QED) is 0.502. The van der Waals surface area contributed by atoms with Gasteiger partial charge in [0.1, 0.15) is 11.4 Å². The van der Waals surface area contributed by atoms with E-state index in [2.05, 4.69) is 20.8 Å². The number of aryl methyl sites for hydroxylation is 1. The van der Waals surface area contributed by atoms with Crippen LogP contribution in [0.1, 0.15) is 56.4 Å². The minimum absolute atomic E-state index is 0.190. The van der Waals surface area contributed by atoms with Crippen LogP contribution in [0.15, 0.2) is 18.3 Å². The predicted octanol–water partition coefficient (Wildman–Crippen LogP) is 1.60. The average molecular weight is 332 g/mol. The van der Waals surface area contributed by atoms with Crippen LogP contribution >= 0.6 is 0 Å². The number of hydrazine groups is 1. The lowest BCUT2D eigenvalue weighted by molar-refractivity contribution is 0.0376. The minimum Gasteiger partial charge on any atom is -0.459 e. The van der Waals surface area contributed by atoms with Gasteiger partial charge in [-0.25, -0.2) is 4.79 Å². The molecule has 0 saturated carbocycles. The summed E-state index contributed by atoms with van der Waals surface area (Å²) in [7, 11) is 0. The van der Waals surface area contributed by atoms with Crippen molar-refractivity contribution in [1.82, 2.24) is 20.8 Å². The van der Waals surface area contributed by atoms with Crippen molar-refractivity contribution in [3.05, 3.63) is 46.5 Å². The Kier molecular flexibility index (Phi) is 5.08. The van der Waals surface area contributed by atoms with E-state index in [9.17, 15) is 14.4 Å². The van der Waals surface area contributed by atoms with Crippen molar-refractivity contribution in [3.8, 4) is 0 Å². The second-order valence-electron chi connectivity index (χ2n) is 5.57. The van der Waals surface area contributed by atoms with Gasteiger partial charge in [-0.1, -0.05) is 0 Å². The Hall–Kier alpha value is -3.03. The molecule has 0 spiro atoms. The number of hydrogen-bond acceptors (Lipinski definition) is 4. The van der Waals surface area contributed by atoms with Gasteiger partial charge in [0.2, 0.25) is 0 Å². The van der Waals surface area contributed by atoms with E-state index in [1.807, 2.05) is 0 Å². The molecule has 2 amide bonds. The van der Waals surface area contributed by atoms with Crippen LogP contribution in [0.4, 0.5) is 0 Å². The maximum absolute atomic E-state index is 12.2. The van der Waals surface area contributed by atoms with Crippen molar-refractivity contribution >= 4 is 17.8 Å². The highest BCUT2D eigenvalue weighted by atomic mass is 16.5. The summed E-state index contributed by atoms with van der Waals surface area (Å²) in [4.78, 5) is 41.7. The monoisotopic (exact) mass is 332 g/mol. The molecule has 0 aliphatic carbocycles. The van der Waals surface area contributed by atoms with Gasteiger partial charge < -0.3 is 14.7 Å². The molecule has 0 saturated heterocycles. The lowest BCUT2D eigenvalue weighted by Gasteiger charge is -2.08. The fraction of sp³-hybridized carbons (Fsp3) is 0.312. The molecule has 8 heteroatoms. The lowest BCUT2D eigenvalue weighted by atomic mass is 10.1. The summed E-state index contributed by atoms with van der Waals surface area (Å²) >= 11 is 0. The molecule has 2 heterocycles. The Labute approximate surface area is 138 Å². The first-order valence-electron chi connectivity index (χ1n) is 7.45. The SMILES string of the molecule is Cc1[nH]c(C(=O)NNC(=O)c2ccc[nH]2)c(C)c1C(=O)OC(C)C. The molecule has 0 aliphatic heterocycles. The van der Waals surface area contributed by atoms with E-state index in [1.165, 1.54) is 0 Å². The van der Waals surface area contributed by atoms with E-state index in [0.29, 0.717) is 22.5 Å². The number of aromatic nitrogens is 2. The summed E-state index contributed by atoms with van der Waals surface area (Å²) in [5, 5.41) is 0. The molecule has 0 aromatic carbocycles. The summed E-state index contributed by atoms with van der Waals surface area (Å²) in [6.45, 7) is 6.82. The third-order valence-corrected chi connectivity index (χ3v) is 3.34. The van der Waals surface area contributed by atoms with E-state index in [-0.39, 0.29) is 11.8 Å². The number of amides is 2. The van der Waals surface area contributed by atoms with Crippen molar-refractivity contribution in [3.63, 3.8) is 0 Å². The number of nitrogens with one attached hydrogen (secondary N) is 4. The van der Waals surface area contributed by atoms with Crippen molar-refractivity contribution < 1.29 is 19.1 Å². The van der Waals surface area contributed by atoms with E-state index in [1.54, 1.807) is 46.0 Å². The first-order chi connectivity index (χ1) is 11.3. The fourth-order valence-electron chi connectivity index (χ4n) is 2.27. The molecule has 0 radical (unpaired) electrons. The van der Waals surface area contributed by atoms with Gasteiger partial charge in [0.25, 0.3) is 11.8 Å². The highest BCUT2D eigenvalue weighted by molar-refractivity contribution is 6.02. The van der Waals surface area contributed by atoms with E-state index >= 15 is 0 Å². The van der Waals surface area contributed by atoms with Gasteiger partial charge in [-0.3, -0.25) is 20.4 Å². The largest absolute Gasteiger partial charge is 0.459 e. The summed E-state index contributed by atoms with van der Waals surface area (Å²) in [6.07, 6.45) is 1.34. The highest BCUT2D eigenvalue weighted by Crippen LogP contribution is 2.19. The third kappa shape index (κ3) is 3.65. The van der Waals surface area contributed by atoms with Crippen LogP contribution in [0.25, 0.3) is 0 Å². The van der Waals surface area contributed by atoms with Gasteiger partial charge in [-0.2, -0.15) is 0 Å². The molecule has 2 aromatic heterocycles. The molecule has 0 fully saturated rings. The molecule has 0 bridgehead atoms. The normalized spacial score (nSPS) is 10.5. The second kappa shape index (κ2) is 7.03. The summed E-state index contributed by atoms with van der Waals surface area (Å²) in [5.74, 6) is -1.53. The number of aromatic amines is 2. The first kappa shape index (κ1) is 17.3. The Balaban J connectivity index is 2.10. The van der Waals surface area contributed by atoms with E-state index < -0.39 is 17.8 Å². The van der Waals surface area contributed by atoms with Crippen LogP contribution in [0.3, 0.4) is 0 Å². The van der Waals surface area contributed by atoms with Crippen molar-refractivity contribution in [2.75, 3.05) is 0 Å². The molecule has 128 valence electrons. The maximum Gasteiger partial charge on any atom is 0.340 e. The standard InChI is InChI=1S/C16H20N4O4/c1-8(2)24-16(23)12-9(3)13(18-10(12)4)15(22)20-19-14(21)11-6-5-7-17-11/h5-8,17-18H,1-4H3,(H,19,21)(H,20,22). The second-order valence-corrected chi connectivity index (χ2v) is 5.57. The van der Waals surface area contributed by atoms with Crippen molar-refractivity contribution in [2.45, 2.75) is 33.8 Å². The molecule has 24 heavy (non-hydrogen) atoms. The summed E-state index contributed by atoms with van der Waals surface area (Å²) < 4.78 is 5.17. The Morgan fingerprint density at radius 3 is 2.38 bits per heavy atom. The number of H-pyrrole nitrogens is 2. The average Bonchev–Trinajstić information content (AvgIpc) is 3.12. The van der Waals surface area contributed by atoms with Crippen molar-refractivity contribution in [2.24, 2.45) is 0 Å². The number of ether oxygens (including phenoxy) is 1. The molecule has 2 aromatic rings. The number of hydrogen-bond donors (Lipinski definition) is 4. The molecule has 8 nitrogen and oxygen atoms in total. The van der Waals surface area contributed by atoms with Gasteiger partial charge in [0, 0.05) is 11.9 Å². The van der Waals surface area contributed by atoms with Gasteiger partial charge in [0.15, 0.2) is 0 Å². The zero-order chi connectivity index (χ0) is 17.9. The van der Waals surface area contributed by atoms with Crippen LogP contribution in [-0.2, 0) is 4.74 Å². The number of carbonyl (C=O) groups excluding carboxylic acids is 3. The molecule has 4 N–H and O–H groups in total. The van der Waals surface area contributed by atoms with Gasteiger partial charge in [-0.15, -0.1) is 0 Å². The highest BCUT2D eigenvalue weighted by Gasteiger charge is 2.23. The zero-order valence-electron chi connectivity index (χ0n) is 13.9. The predicted molar refractivity (Wildman–Crippen MR) is 86.5 cm³/mol. The maximum atomic E-state index is 12.2. The van der Waals surface area contributed by atoms with Gasteiger partial charge >= 0.3 is 5.97 Å². The Morgan fingerprint density at radius 1 is 1.12 bits per heavy atom. The molecular weight excluding hydrogens is 312 g/mol. The number of rotatable bonds is 4. The van der Waals surface area contributed by atoms with Crippen LogP contribution in [-0.4, -0.2) is 33.9 Å². The van der Waals surface area contributed by atoms with E-state index in [0.717, 1.165) is 0 Å². The summed E-state index contributed by atoms with van der Waals surface area (Å²) in [6, 6.07) is 3.24. The van der Waals surface area contributed by atoms with Gasteiger partial charge in [-0.05, 0) is 45.4 Å². The van der Waals surface area contributed by atoms with Crippen LogP contribution in [0.5, 0.6) is 0 Å². The van der Waals surface area contributed by atoms with Crippen LogP contribution < -0.4 is 10.9 Å². The van der Waals surface area contributed by atoms with Crippen LogP contribution in [0, 0.1) is 13.8 Å². The van der Waals surface area contributed by atoms with E-state index in [4.69, 9.17) is 4.74 Å². The molecule has 0 atom stereocenters. The zero-order valence-corrected chi connectivity index (χ0v) is 13.9. The summed E-state index contributed by atoms with van der Waals surface area (Å²) in [5.41, 5.74) is 6.42. The van der Waals surface area contributed by atoms with Crippen LogP contribution in [0.2, 0.25) is 0 Å². The van der Waals surface area contributed by atoms with Crippen molar-refractivity contribution in [1.29, 1.82) is 0 Å².